The van der Waals surface area contributed by atoms with Crippen LogP contribution < -0.4 is 10.5 Å². The summed E-state index contributed by atoms with van der Waals surface area (Å²) in [6.07, 6.45) is 2.40. The molecule has 1 rings (SSSR count). The molecular formula is C10H17N3O. The zero-order valence-corrected chi connectivity index (χ0v) is 8.90. The maximum atomic E-state index is 5.97. The van der Waals surface area contributed by atoms with Gasteiger partial charge >= 0.3 is 0 Å². The summed E-state index contributed by atoms with van der Waals surface area (Å²) in [5.74, 6) is 1.13. The average Bonchev–Trinajstić information content (AvgIpc) is 2.17. The summed E-state index contributed by atoms with van der Waals surface area (Å²) >= 11 is 0. The van der Waals surface area contributed by atoms with Crippen molar-refractivity contribution >= 4 is 0 Å². The minimum Gasteiger partial charge on any atom is -0.481 e. The Balaban J connectivity index is 2.73. The molecule has 1 aromatic rings. The van der Waals surface area contributed by atoms with Crippen LogP contribution in [0.15, 0.2) is 12.4 Å². The van der Waals surface area contributed by atoms with Gasteiger partial charge < -0.3 is 10.5 Å². The first-order chi connectivity index (χ1) is 6.63. The van der Waals surface area contributed by atoms with Crippen LogP contribution in [0.2, 0.25) is 0 Å². The molecule has 0 amide bonds. The van der Waals surface area contributed by atoms with Gasteiger partial charge in [-0.05, 0) is 12.3 Å². The van der Waals surface area contributed by atoms with Crippen LogP contribution >= 0.6 is 0 Å². The van der Waals surface area contributed by atoms with Crippen LogP contribution in [0.25, 0.3) is 0 Å². The van der Waals surface area contributed by atoms with Gasteiger partial charge in [-0.3, -0.25) is 0 Å². The maximum Gasteiger partial charge on any atom is 0.216 e. The molecule has 0 saturated heterocycles. The SMILES string of the molecule is COc1cc([C@H](N)CC(C)C)ncn1. The summed E-state index contributed by atoms with van der Waals surface area (Å²) in [7, 11) is 1.58. The first-order valence-electron chi connectivity index (χ1n) is 4.75. The van der Waals surface area contributed by atoms with Crippen molar-refractivity contribution in [2.75, 3.05) is 7.11 Å². The van der Waals surface area contributed by atoms with Crippen LogP contribution in [0, 0.1) is 5.92 Å². The number of aromatic nitrogens is 2. The second kappa shape index (κ2) is 4.91. The highest BCUT2D eigenvalue weighted by Gasteiger charge is 2.10. The Morgan fingerprint density at radius 3 is 2.71 bits per heavy atom. The molecule has 0 bridgehead atoms. The van der Waals surface area contributed by atoms with Gasteiger partial charge in [0.05, 0.1) is 12.8 Å². The maximum absolute atomic E-state index is 5.97. The number of methoxy groups -OCH3 is 1. The Bertz CT molecular complexity index is 288. The summed E-state index contributed by atoms with van der Waals surface area (Å²) < 4.78 is 5.00. The molecule has 1 atom stereocenters. The zero-order chi connectivity index (χ0) is 10.6. The smallest absolute Gasteiger partial charge is 0.216 e. The van der Waals surface area contributed by atoms with E-state index in [4.69, 9.17) is 10.5 Å². The van der Waals surface area contributed by atoms with Crippen molar-refractivity contribution in [2.24, 2.45) is 11.7 Å². The molecule has 0 aliphatic heterocycles. The lowest BCUT2D eigenvalue weighted by atomic mass is 10.0. The Morgan fingerprint density at radius 2 is 2.14 bits per heavy atom. The van der Waals surface area contributed by atoms with Gasteiger partial charge in [-0.25, -0.2) is 9.97 Å². The molecule has 1 aromatic heterocycles. The van der Waals surface area contributed by atoms with Crippen LogP contribution in [0.3, 0.4) is 0 Å². The van der Waals surface area contributed by atoms with Gasteiger partial charge in [-0.2, -0.15) is 0 Å². The van der Waals surface area contributed by atoms with Gasteiger partial charge in [0.2, 0.25) is 5.88 Å². The molecule has 0 unspecified atom stereocenters. The number of nitrogens with zero attached hydrogens (tertiary/aromatic N) is 2. The standard InChI is InChI=1S/C10H17N3O/c1-7(2)4-8(11)9-5-10(14-3)13-6-12-9/h5-8H,4,11H2,1-3H3/t8-/m1/s1. The van der Waals surface area contributed by atoms with E-state index in [1.807, 2.05) is 0 Å². The highest BCUT2D eigenvalue weighted by Crippen LogP contribution is 2.18. The highest BCUT2D eigenvalue weighted by atomic mass is 16.5. The molecule has 0 aromatic carbocycles. The van der Waals surface area contributed by atoms with E-state index < -0.39 is 0 Å². The number of hydrogen-bond acceptors (Lipinski definition) is 4. The van der Waals surface area contributed by atoms with Gasteiger partial charge in [-0.1, -0.05) is 13.8 Å². The molecular weight excluding hydrogens is 178 g/mol. The van der Waals surface area contributed by atoms with Gasteiger partial charge in [-0.15, -0.1) is 0 Å². The average molecular weight is 195 g/mol. The van der Waals surface area contributed by atoms with Gasteiger partial charge in [0.25, 0.3) is 0 Å². The fourth-order valence-corrected chi connectivity index (χ4v) is 1.30. The van der Waals surface area contributed by atoms with Gasteiger partial charge in [0, 0.05) is 12.1 Å². The Labute approximate surface area is 84.5 Å². The molecule has 0 saturated carbocycles. The van der Waals surface area contributed by atoms with E-state index in [-0.39, 0.29) is 6.04 Å². The van der Waals surface area contributed by atoms with Crippen molar-refractivity contribution in [2.45, 2.75) is 26.3 Å². The van der Waals surface area contributed by atoms with Crippen LogP contribution in [0.5, 0.6) is 5.88 Å². The first-order valence-corrected chi connectivity index (χ1v) is 4.75. The van der Waals surface area contributed by atoms with Gasteiger partial charge in [0.15, 0.2) is 0 Å². The number of nitrogens with two attached hydrogens (primary N) is 1. The summed E-state index contributed by atoms with van der Waals surface area (Å²) in [5, 5.41) is 0. The number of hydrogen-bond donors (Lipinski definition) is 1. The van der Waals surface area contributed by atoms with Crippen molar-refractivity contribution < 1.29 is 4.74 Å². The minimum atomic E-state index is -0.0353. The second-order valence-corrected chi connectivity index (χ2v) is 3.72. The van der Waals surface area contributed by atoms with Gasteiger partial charge in [0.1, 0.15) is 6.33 Å². The Kier molecular flexibility index (Phi) is 3.83. The fraction of sp³-hybridized carbons (Fsp3) is 0.600. The predicted octanol–water partition coefficient (Wildman–Crippen LogP) is 1.53. The molecule has 0 fully saturated rings. The van der Waals surface area contributed by atoms with Crippen molar-refractivity contribution in [3.05, 3.63) is 18.1 Å². The highest BCUT2D eigenvalue weighted by molar-refractivity contribution is 5.16. The molecule has 0 radical (unpaired) electrons. The van der Waals surface area contributed by atoms with Crippen LogP contribution in [0.1, 0.15) is 32.0 Å². The zero-order valence-electron chi connectivity index (χ0n) is 8.90. The van der Waals surface area contributed by atoms with Crippen LogP contribution in [-0.4, -0.2) is 17.1 Å². The Morgan fingerprint density at radius 1 is 1.43 bits per heavy atom. The summed E-state index contributed by atoms with van der Waals surface area (Å²) in [5.41, 5.74) is 6.81. The molecule has 0 aliphatic rings. The van der Waals surface area contributed by atoms with E-state index >= 15 is 0 Å². The second-order valence-electron chi connectivity index (χ2n) is 3.72. The molecule has 0 spiro atoms. The van der Waals surface area contributed by atoms with E-state index in [0.717, 1.165) is 12.1 Å². The van der Waals surface area contributed by atoms with Crippen molar-refractivity contribution in [1.82, 2.24) is 9.97 Å². The molecule has 1 heterocycles. The van der Waals surface area contributed by atoms with E-state index in [1.165, 1.54) is 6.33 Å². The van der Waals surface area contributed by atoms with E-state index in [2.05, 4.69) is 23.8 Å². The molecule has 14 heavy (non-hydrogen) atoms. The van der Waals surface area contributed by atoms with Crippen molar-refractivity contribution in [1.29, 1.82) is 0 Å². The summed E-state index contributed by atoms with van der Waals surface area (Å²) in [4.78, 5) is 8.05. The quantitative estimate of drug-likeness (QED) is 0.791. The third-order valence-corrected chi connectivity index (χ3v) is 1.98. The largest absolute Gasteiger partial charge is 0.481 e. The van der Waals surface area contributed by atoms with E-state index in [9.17, 15) is 0 Å². The third-order valence-electron chi connectivity index (χ3n) is 1.98. The molecule has 4 nitrogen and oxygen atoms in total. The molecule has 2 N–H and O–H groups in total. The lowest BCUT2D eigenvalue weighted by Gasteiger charge is -2.13. The predicted molar refractivity (Wildman–Crippen MR) is 55.0 cm³/mol. The number of ether oxygens (including phenoxy) is 1. The summed E-state index contributed by atoms with van der Waals surface area (Å²) in [6, 6.07) is 1.75. The molecule has 0 aliphatic carbocycles. The normalized spacial score (nSPS) is 12.9. The van der Waals surface area contributed by atoms with E-state index in [0.29, 0.717) is 11.8 Å². The minimum absolute atomic E-state index is 0.0353. The summed E-state index contributed by atoms with van der Waals surface area (Å²) in [6.45, 7) is 4.27. The fourth-order valence-electron chi connectivity index (χ4n) is 1.30. The monoisotopic (exact) mass is 195 g/mol. The van der Waals surface area contributed by atoms with Crippen LogP contribution in [0.4, 0.5) is 0 Å². The van der Waals surface area contributed by atoms with E-state index in [1.54, 1.807) is 13.2 Å². The molecule has 4 heteroatoms. The molecule has 78 valence electrons. The lowest BCUT2D eigenvalue weighted by Crippen LogP contribution is -2.14. The topological polar surface area (TPSA) is 61.0 Å². The van der Waals surface area contributed by atoms with Crippen molar-refractivity contribution in [3.8, 4) is 5.88 Å². The van der Waals surface area contributed by atoms with Crippen LogP contribution in [-0.2, 0) is 0 Å². The number of rotatable bonds is 4. The Hall–Kier alpha value is -1.16. The lowest BCUT2D eigenvalue weighted by molar-refractivity contribution is 0.394. The van der Waals surface area contributed by atoms with Crippen molar-refractivity contribution in [3.63, 3.8) is 0 Å². The first kappa shape index (κ1) is 10.9. The third kappa shape index (κ3) is 2.96.